The quantitative estimate of drug-likeness (QED) is 0.802. The summed E-state index contributed by atoms with van der Waals surface area (Å²) in [5, 5.41) is 2.98. The highest BCUT2D eigenvalue weighted by Gasteiger charge is 2.52. The zero-order chi connectivity index (χ0) is 18.3. The summed E-state index contributed by atoms with van der Waals surface area (Å²) in [5.41, 5.74) is 0.470. The largest absolute Gasteiger partial charge is 0.339 e. The Labute approximate surface area is 152 Å². The number of hydrogen-bond acceptors (Lipinski definition) is 5. The van der Waals surface area contributed by atoms with Gasteiger partial charge in [-0.2, -0.15) is 0 Å². The minimum Gasteiger partial charge on any atom is -0.339 e. The molecular weight excluding hydrogens is 332 g/mol. The summed E-state index contributed by atoms with van der Waals surface area (Å²) >= 11 is 0. The van der Waals surface area contributed by atoms with Gasteiger partial charge in [0.2, 0.25) is 17.7 Å². The fraction of sp³-hybridized carbons (Fsp3) is 0.526. The number of likely N-dealkylation sites (N-methyl/N-ethyl adjacent to an activating group) is 1. The first kappa shape index (κ1) is 17.0. The van der Waals surface area contributed by atoms with Gasteiger partial charge >= 0.3 is 0 Å². The molecule has 0 bridgehead atoms. The standard InChI is InChI=1S/C19H24N4O3/c1-2-22-16(24)12-15(17(22)25)21-10-8-19(9-11-21)18(26)20-13-23(19)14-6-4-3-5-7-14/h3-7,15H,2,8-13H2,1H3,(H,20,26). The maximum absolute atomic E-state index is 12.7. The number of carbonyl (C=O) groups excluding carboxylic acids is 3. The smallest absolute Gasteiger partial charge is 0.247 e. The van der Waals surface area contributed by atoms with Crippen LogP contribution < -0.4 is 10.2 Å². The van der Waals surface area contributed by atoms with Gasteiger partial charge < -0.3 is 10.2 Å². The zero-order valence-corrected chi connectivity index (χ0v) is 15.0. The van der Waals surface area contributed by atoms with Gasteiger partial charge in [-0.05, 0) is 31.9 Å². The lowest BCUT2D eigenvalue weighted by Gasteiger charge is -2.44. The summed E-state index contributed by atoms with van der Waals surface area (Å²) < 4.78 is 0. The van der Waals surface area contributed by atoms with E-state index in [9.17, 15) is 14.4 Å². The van der Waals surface area contributed by atoms with Crippen molar-refractivity contribution >= 4 is 23.4 Å². The van der Waals surface area contributed by atoms with Crippen molar-refractivity contribution < 1.29 is 14.4 Å². The number of nitrogens with one attached hydrogen (secondary N) is 1. The van der Waals surface area contributed by atoms with Gasteiger partial charge in [0.15, 0.2) is 0 Å². The van der Waals surface area contributed by atoms with Crippen LogP contribution in [0.1, 0.15) is 26.2 Å². The summed E-state index contributed by atoms with van der Waals surface area (Å²) in [5.74, 6) is -0.124. The van der Waals surface area contributed by atoms with Crippen molar-refractivity contribution in [1.29, 1.82) is 0 Å². The van der Waals surface area contributed by atoms with Gasteiger partial charge in [-0.1, -0.05) is 18.2 Å². The number of hydrogen-bond donors (Lipinski definition) is 1. The molecule has 3 saturated heterocycles. The molecular formula is C19H24N4O3. The first-order valence-corrected chi connectivity index (χ1v) is 9.26. The van der Waals surface area contributed by atoms with E-state index >= 15 is 0 Å². The second-order valence-electron chi connectivity index (χ2n) is 7.19. The Morgan fingerprint density at radius 1 is 1.12 bits per heavy atom. The third kappa shape index (κ3) is 2.49. The number of likely N-dealkylation sites (tertiary alicyclic amines) is 2. The normalized spacial score (nSPS) is 26.0. The van der Waals surface area contributed by atoms with Crippen LogP contribution in [-0.4, -0.2) is 65.4 Å². The molecule has 3 fully saturated rings. The SMILES string of the molecule is CCN1C(=O)CC(N2CCC3(CC2)C(=O)NCN3c2ccccc2)C1=O. The molecule has 1 spiro atoms. The third-order valence-electron chi connectivity index (χ3n) is 6.01. The Morgan fingerprint density at radius 2 is 1.81 bits per heavy atom. The average molecular weight is 356 g/mol. The molecule has 138 valence electrons. The highest BCUT2D eigenvalue weighted by molar-refractivity contribution is 6.05. The Hall–Kier alpha value is -2.41. The van der Waals surface area contributed by atoms with Crippen molar-refractivity contribution in [3.05, 3.63) is 30.3 Å². The van der Waals surface area contributed by atoms with Crippen molar-refractivity contribution in [2.24, 2.45) is 0 Å². The molecule has 3 aliphatic heterocycles. The first-order chi connectivity index (χ1) is 12.6. The molecule has 1 aromatic rings. The van der Waals surface area contributed by atoms with Crippen LogP contribution >= 0.6 is 0 Å². The van der Waals surface area contributed by atoms with Crippen LogP contribution in [0.15, 0.2) is 30.3 Å². The minimum absolute atomic E-state index is 0.0602. The van der Waals surface area contributed by atoms with Gasteiger partial charge in [-0.3, -0.25) is 24.2 Å². The van der Waals surface area contributed by atoms with E-state index in [0.29, 0.717) is 39.1 Å². The highest BCUT2D eigenvalue weighted by Crippen LogP contribution is 2.37. The van der Waals surface area contributed by atoms with Crippen molar-refractivity contribution in [1.82, 2.24) is 15.1 Å². The van der Waals surface area contributed by atoms with Gasteiger partial charge in [-0.15, -0.1) is 0 Å². The Morgan fingerprint density at radius 3 is 2.42 bits per heavy atom. The molecule has 0 saturated carbocycles. The fourth-order valence-electron chi connectivity index (χ4n) is 4.52. The molecule has 0 radical (unpaired) electrons. The maximum atomic E-state index is 12.7. The Balaban J connectivity index is 1.51. The zero-order valence-electron chi connectivity index (χ0n) is 15.0. The lowest BCUT2D eigenvalue weighted by molar-refractivity contribution is -0.139. The van der Waals surface area contributed by atoms with Gasteiger partial charge in [0.1, 0.15) is 5.54 Å². The third-order valence-corrected chi connectivity index (χ3v) is 6.01. The molecule has 7 nitrogen and oxygen atoms in total. The van der Waals surface area contributed by atoms with Crippen LogP contribution in [0, 0.1) is 0 Å². The predicted octanol–water partition coefficient (Wildman–Crippen LogP) is 0.562. The molecule has 3 heterocycles. The second kappa shape index (κ2) is 6.39. The van der Waals surface area contributed by atoms with E-state index in [1.54, 1.807) is 0 Å². The van der Waals surface area contributed by atoms with E-state index < -0.39 is 5.54 Å². The second-order valence-corrected chi connectivity index (χ2v) is 7.19. The monoisotopic (exact) mass is 356 g/mol. The van der Waals surface area contributed by atoms with E-state index in [1.807, 2.05) is 37.3 Å². The molecule has 26 heavy (non-hydrogen) atoms. The number of anilines is 1. The van der Waals surface area contributed by atoms with Crippen LogP contribution in [0.3, 0.4) is 0 Å². The van der Waals surface area contributed by atoms with Crippen molar-refractivity contribution in [2.75, 3.05) is 31.2 Å². The number of nitrogens with zero attached hydrogens (tertiary/aromatic N) is 3. The summed E-state index contributed by atoms with van der Waals surface area (Å²) in [4.78, 5) is 42.7. The number of amides is 3. The number of para-hydroxylation sites is 1. The lowest BCUT2D eigenvalue weighted by Crippen LogP contribution is -2.58. The van der Waals surface area contributed by atoms with E-state index in [0.717, 1.165) is 5.69 Å². The molecule has 1 N–H and O–H groups in total. The summed E-state index contributed by atoms with van der Waals surface area (Å²) in [6.45, 7) is 4.03. The number of piperidine rings is 1. The molecule has 1 atom stereocenters. The van der Waals surface area contributed by atoms with E-state index in [2.05, 4.69) is 15.1 Å². The Bertz CT molecular complexity index is 728. The molecule has 0 aliphatic carbocycles. The van der Waals surface area contributed by atoms with Crippen LogP contribution in [0.25, 0.3) is 0 Å². The number of imide groups is 1. The summed E-state index contributed by atoms with van der Waals surface area (Å²) in [7, 11) is 0. The summed E-state index contributed by atoms with van der Waals surface area (Å²) in [6, 6.07) is 9.59. The fourth-order valence-corrected chi connectivity index (χ4v) is 4.52. The molecule has 7 heteroatoms. The van der Waals surface area contributed by atoms with Crippen molar-refractivity contribution in [3.63, 3.8) is 0 Å². The number of carbonyl (C=O) groups is 3. The van der Waals surface area contributed by atoms with E-state index in [-0.39, 0.29) is 30.2 Å². The van der Waals surface area contributed by atoms with Crippen molar-refractivity contribution in [3.8, 4) is 0 Å². The van der Waals surface area contributed by atoms with Crippen LogP contribution in [0.2, 0.25) is 0 Å². The van der Waals surface area contributed by atoms with Crippen LogP contribution in [0.4, 0.5) is 5.69 Å². The predicted molar refractivity (Wildman–Crippen MR) is 96.3 cm³/mol. The molecule has 3 aliphatic rings. The Kier molecular flexibility index (Phi) is 4.19. The summed E-state index contributed by atoms with van der Waals surface area (Å²) in [6.07, 6.45) is 1.56. The molecule has 0 aromatic heterocycles. The molecule has 3 amide bonds. The topological polar surface area (TPSA) is 73.0 Å². The highest BCUT2D eigenvalue weighted by atomic mass is 16.2. The van der Waals surface area contributed by atoms with E-state index in [1.165, 1.54) is 4.90 Å². The van der Waals surface area contributed by atoms with Gasteiger partial charge in [0, 0.05) is 25.3 Å². The minimum atomic E-state index is -0.562. The van der Waals surface area contributed by atoms with Gasteiger partial charge in [-0.25, -0.2) is 0 Å². The molecule has 1 unspecified atom stereocenters. The first-order valence-electron chi connectivity index (χ1n) is 9.26. The molecule has 4 rings (SSSR count). The number of rotatable bonds is 3. The molecule has 1 aromatic carbocycles. The van der Waals surface area contributed by atoms with Crippen LogP contribution in [-0.2, 0) is 14.4 Å². The van der Waals surface area contributed by atoms with Gasteiger partial charge in [0.25, 0.3) is 0 Å². The van der Waals surface area contributed by atoms with Gasteiger partial charge in [0.05, 0.1) is 19.1 Å². The van der Waals surface area contributed by atoms with E-state index in [4.69, 9.17) is 0 Å². The number of benzene rings is 1. The average Bonchev–Trinajstić information content (AvgIpc) is 3.13. The van der Waals surface area contributed by atoms with Crippen LogP contribution in [0.5, 0.6) is 0 Å². The van der Waals surface area contributed by atoms with Crippen molar-refractivity contribution in [2.45, 2.75) is 37.8 Å². The lowest BCUT2D eigenvalue weighted by atomic mass is 9.85. The maximum Gasteiger partial charge on any atom is 0.247 e.